The summed E-state index contributed by atoms with van der Waals surface area (Å²) in [6.07, 6.45) is 3.06. The van der Waals surface area contributed by atoms with Gasteiger partial charge in [-0.1, -0.05) is 35.9 Å². The van der Waals surface area contributed by atoms with E-state index in [1.807, 2.05) is 6.92 Å². The van der Waals surface area contributed by atoms with Crippen molar-refractivity contribution in [1.29, 1.82) is 0 Å². The second-order valence-corrected chi connectivity index (χ2v) is 6.18. The standard InChI is InChI=1S/C20H17ClFN3O/c1-13-17(21)6-4-8-19(13)25-20(26)15-9-16(12-23-10-15)24-11-14-5-2-3-7-18(14)22/h2-10,12,24H,11H2,1H3,(H,25,26). The van der Waals surface area contributed by atoms with Crippen LogP contribution in [0.2, 0.25) is 5.02 Å². The van der Waals surface area contributed by atoms with Crippen molar-refractivity contribution in [3.8, 4) is 0 Å². The molecule has 0 aliphatic heterocycles. The third kappa shape index (κ3) is 4.18. The lowest BCUT2D eigenvalue weighted by molar-refractivity contribution is 0.102. The monoisotopic (exact) mass is 369 g/mol. The number of hydrogen-bond donors (Lipinski definition) is 2. The smallest absolute Gasteiger partial charge is 0.257 e. The van der Waals surface area contributed by atoms with Gasteiger partial charge in [-0.15, -0.1) is 0 Å². The van der Waals surface area contributed by atoms with Crippen LogP contribution in [0.5, 0.6) is 0 Å². The number of nitrogens with one attached hydrogen (secondary N) is 2. The fourth-order valence-electron chi connectivity index (χ4n) is 2.44. The molecule has 2 N–H and O–H groups in total. The van der Waals surface area contributed by atoms with Gasteiger partial charge in [-0.25, -0.2) is 4.39 Å². The van der Waals surface area contributed by atoms with E-state index >= 15 is 0 Å². The zero-order valence-electron chi connectivity index (χ0n) is 14.1. The first kappa shape index (κ1) is 17.9. The number of amides is 1. The van der Waals surface area contributed by atoms with Crippen molar-refractivity contribution in [2.45, 2.75) is 13.5 Å². The predicted octanol–water partition coefficient (Wildman–Crippen LogP) is 5.05. The molecule has 0 fully saturated rings. The number of rotatable bonds is 5. The first-order chi connectivity index (χ1) is 12.5. The van der Waals surface area contributed by atoms with Crippen molar-refractivity contribution in [1.82, 2.24) is 4.98 Å². The van der Waals surface area contributed by atoms with Gasteiger partial charge in [0.1, 0.15) is 5.82 Å². The fourth-order valence-corrected chi connectivity index (χ4v) is 2.61. The van der Waals surface area contributed by atoms with Crippen molar-refractivity contribution in [2.75, 3.05) is 10.6 Å². The maximum absolute atomic E-state index is 13.7. The molecule has 1 heterocycles. The van der Waals surface area contributed by atoms with Crippen molar-refractivity contribution in [3.05, 3.63) is 88.5 Å². The minimum atomic E-state index is -0.294. The number of pyridine rings is 1. The van der Waals surface area contributed by atoms with Gasteiger partial charge in [0.05, 0.1) is 11.3 Å². The molecule has 0 saturated heterocycles. The first-order valence-electron chi connectivity index (χ1n) is 8.03. The Hall–Kier alpha value is -2.92. The molecule has 4 nitrogen and oxygen atoms in total. The van der Waals surface area contributed by atoms with Gasteiger partial charge in [-0.2, -0.15) is 0 Å². The van der Waals surface area contributed by atoms with Crippen LogP contribution < -0.4 is 10.6 Å². The average molecular weight is 370 g/mol. The number of hydrogen-bond acceptors (Lipinski definition) is 3. The molecule has 0 aliphatic carbocycles. The molecule has 26 heavy (non-hydrogen) atoms. The van der Waals surface area contributed by atoms with Crippen LogP contribution in [-0.2, 0) is 6.54 Å². The maximum atomic E-state index is 13.7. The van der Waals surface area contributed by atoms with Crippen LogP contribution >= 0.6 is 11.6 Å². The summed E-state index contributed by atoms with van der Waals surface area (Å²) in [4.78, 5) is 16.6. The van der Waals surface area contributed by atoms with Gasteiger partial charge in [0.25, 0.3) is 5.91 Å². The molecule has 3 aromatic rings. The summed E-state index contributed by atoms with van der Waals surface area (Å²) in [5.41, 5.74) is 3.00. The van der Waals surface area contributed by atoms with E-state index in [-0.39, 0.29) is 11.7 Å². The molecule has 0 spiro atoms. The van der Waals surface area contributed by atoms with E-state index in [2.05, 4.69) is 15.6 Å². The van der Waals surface area contributed by atoms with Crippen molar-refractivity contribution in [3.63, 3.8) is 0 Å². The molecule has 2 aromatic carbocycles. The Morgan fingerprint density at radius 2 is 1.96 bits per heavy atom. The summed E-state index contributed by atoms with van der Waals surface area (Å²) in [6.45, 7) is 2.13. The minimum absolute atomic E-state index is 0.279. The third-order valence-electron chi connectivity index (χ3n) is 3.96. The van der Waals surface area contributed by atoms with Crippen molar-refractivity contribution >= 4 is 28.9 Å². The second-order valence-electron chi connectivity index (χ2n) is 5.77. The van der Waals surface area contributed by atoms with E-state index in [1.165, 1.54) is 12.3 Å². The Bertz CT molecular complexity index is 946. The van der Waals surface area contributed by atoms with Gasteiger partial charge in [0, 0.05) is 35.2 Å². The molecule has 0 saturated carbocycles. The molecule has 6 heteroatoms. The Kier molecular flexibility index (Phi) is 5.49. The Morgan fingerprint density at radius 3 is 2.77 bits per heavy atom. The lowest BCUT2D eigenvalue weighted by Gasteiger charge is -2.11. The molecule has 0 radical (unpaired) electrons. The Labute approximate surface area is 156 Å². The van der Waals surface area contributed by atoms with Crippen LogP contribution in [0.4, 0.5) is 15.8 Å². The molecule has 1 aromatic heterocycles. The normalized spacial score (nSPS) is 10.4. The van der Waals surface area contributed by atoms with Crippen LogP contribution in [0.3, 0.4) is 0 Å². The highest BCUT2D eigenvalue weighted by Gasteiger charge is 2.10. The van der Waals surface area contributed by atoms with Gasteiger partial charge in [0.2, 0.25) is 0 Å². The van der Waals surface area contributed by atoms with Crippen molar-refractivity contribution in [2.24, 2.45) is 0 Å². The molecule has 0 unspecified atom stereocenters. The number of nitrogens with zero attached hydrogens (tertiary/aromatic N) is 1. The first-order valence-corrected chi connectivity index (χ1v) is 8.41. The lowest BCUT2D eigenvalue weighted by atomic mass is 10.1. The highest BCUT2D eigenvalue weighted by molar-refractivity contribution is 6.31. The molecule has 0 aliphatic rings. The minimum Gasteiger partial charge on any atom is -0.380 e. The van der Waals surface area contributed by atoms with Crippen LogP contribution in [0.25, 0.3) is 0 Å². The fraction of sp³-hybridized carbons (Fsp3) is 0.100. The van der Waals surface area contributed by atoms with E-state index in [0.717, 1.165) is 5.56 Å². The number of carbonyl (C=O) groups excluding carboxylic acids is 1. The number of halogens is 2. The second kappa shape index (κ2) is 7.97. The zero-order chi connectivity index (χ0) is 18.5. The van der Waals surface area contributed by atoms with Crippen LogP contribution in [0.15, 0.2) is 60.9 Å². The molecular weight excluding hydrogens is 353 g/mol. The third-order valence-corrected chi connectivity index (χ3v) is 4.37. The van der Waals surface area contributed by atoms with E-state index in [0.29, 0.717) is 34.1 Å². The number of carbonyl (C=O) groups is 1. The topological polar surface area (TPSA) is 54.0 Å². The number of anilines is 2. The van der Waals surface area contributed by atoms with E-state index in [9.17, 15) is 9.18 Å². The van der Waals surface area contributed by atoms with E-state index < -0.39 is 0 Å². The van der Waals surface area contributed by atoms with Crippen LogP contribution in [-0.4, -0.2) is 10.9 Å². The molecule has 1 amide bonds. The summed E-state index contributed by atoms with van der Waals surface area (Å²) in [7, 11) is 0. The highest BCUT2D eigenvalue weighted by Crippen LogP contribution is 2.23. The highest BCUT2D eigenvalue weighted by atomic mass is 35.5. The number of aromatic nitrogens is 1. The van der Waals surface area contributed by atoms with Crippen LogP contribution in [0.1, 0.15) is 21.5 Å². The quantitative estimate of drug-likeness (QED) is 0.662. The number of benzene rings is 2. The summed E-state index contributed by atoms with van der Waals surface area (Å²) in [5.74, 6) is -0.573. The predicted molar refractivity (Wildman–Crippen MR) is 102 cm³/mol. The largest absolute Gasteiger partial charge is 0.380 e. The molecule has 132 valence electrons. The molecular formula is C20H17ClFN3O. The maximum Gasteiger partial charge on any atom is 0.257 e. The Balaban J connectivity index is 1.71. The molecule has 0 bridgehead atoms. The SMILES string of the molecule is Cc1c(Cl)cccc1NC(=O)c1cncc(NCc2ccccc2F)c1. The van der Waals surface area contributed by atoms with Gasteiger partial charge < -0.3 is 10.6 Å². The van der Waals surface area contributed by atoms with Gasteiger partial charge >= 0.3 is 0 Å². The summed E-state index contributed by atoms with van der Waals surface area (Å²) >= 11 is 6.08. The van der Waals surface area contributed by atoms with Crippen molar-refractivity contribution < 1.29 is 9.18 Å². The zero-order valence-corrected chi connectivity index (χ0v) is 14.8. The summed E-state index contributed by atoms with van der Waals surface area (Å²) in [6, 6.07) is 13.5. The van der Waals surface area contributed by atoms with E-state index in [4.69, 9.17) is 11.6 Å². The van der Waals surface area contributed by atoms with Gasteiger partial charge in [0.15, 0.2) is 0 Å². The molecule has 3 rings (SSSR count). The summed E-state index contributed by atoms with van der Waals surface area (Å²) in [5, 5.41) is 6.49. The average Bonchev–Trinajstić information content (AvgIpc) is 2.65. The van der Waals surface area contributed by atoms with E-state index in [1.54, 1.807) is 48.7 Å². The Morgan fingerprint density at radius 1 is 1.15 bits per heavy atom. The van der Waals surface area contributed by atoms with Gasteiger partial charge in [-0.05, 0) is 36.8 Å². The van der Waals surface area contributed by atoms with Gasteiger partial charge in [-0.3, -0.25) is 9.78 Å². The van der Waals surface area contributed by atoms with Crippen LogP contribution in [0, 0.1) is 12.7 Å². The molecule has 0 atom stereocenters. The lowest BCUT2D eigenvalue weighted by Crippen LogP contribution is -2.13. The summed E-state index contributed by atoms with van der Waals surface area (Å²) < 4.78 is 13.7.